The predicted octanol–water partition coefficient (Wildman–Crippen LogP) is 0.706. The van der Waals surface area contributed by atoms with Gasteiger partial charge >= 0.3 is 0 Å². The summed E-state index contributed by atoms with van der Waals surface area (Å²) in [6, 6.07) is 1.94. The van der Waals surface area contributed by atoms with Crippen LogP contribution in [0.3, 0.4) is 0 Å². The van der Waals surface area contributed by atoms with E-state index in [4.69, 9.17) is 7.85 Å². The van der Waals surface area contributed by atoms with Crippen LogP contribution in [0.1, 0.15) is 11.3 Å². The molecule has 2 radical (unpaired) electrons. The van der Waals surface area contributed by atoms with Gasteiger partial charge in [0.1, 0.15) is 0 Å². The van der Waals surface area contributed by atoms with Crippen LogP contribution in [-0.2, 0) is 6.32 Å². The molecule has 3 nitrogen and oxygen atoms in total. The number of aryl methyl sites for hydroxylation is 1. The standard InChI is InChI=1S/C8H8BN3/c1-6-4-10-8-2-7(3-9)5-11-12(6)8/h2,4-5H,3H2,1H3. The smallest absolute Gasteiger partial charge is 0.153 e. The van der Waals surface area contributed by atoms with Crippen molar-refractivity contribution in [2.24, 2.45) is 0 Å². The zero-order valence-electron chi connectivity index (χ0n) is 6.86. The van der Waals surface area contributed by atoms with E-state index >= 15 is 0 Å². The molecule has 2 aromatic heterocycles. The molecule has 0 N–H and O–H groups in total. The Balaban J connectivity index is 2.69. The zero-order valence-corrected chi connectivity index (χ0v) is 6.86. The van der Waals surface area contributed by atoms with Crippen LogP contribution in [0.5, 0.6) is 0 Å². The van der Waals surface area contributed by atoms with Gasteiger partial charge in [-0.2, -0.15) is 5.10 Å². The van der Waals surface area contributed by atoms with Gasteiger partial charge in [0, 0.05) is 0 Å². The summed E-state index contributed by atoms with van der Waals surface area (Å²) >= 11 is 0. The minimum Gasteiger partial charge on any atom is -0.235 e. The molecule has 12 heavy (non-hydrogen) atoms. The normalized spacial score (nSPS) is 10.8. The largest absolute Gasteiger partial charge is 0.235 e. The van der Waals surface area contributed by atoms with Crippen molar-refractivity contribution in [1.82, 2.24) is 14.6 Å². The number of hydrogen-bond acceptors (Lipinski definition) is 2. The lowest BCUT2D eigenvalue weighted by Crippen LogP contribution is -1.95. The second-order valence-electron chi connectivity index (χ2n) is 2.74. The molecule has 0 saturated heterocycles. The SMILES string of the molecule is [B]Cc1cnn2c(C)cnc2c1. The molecule has 0 unspecified atom stereocenters. The summed E-state index contributed by atoms with van der Waals surface area (Å²) in [7, 11) is 5.47. The Morgan fingerprint density at radius 2 is 2.33 bits per heavy atom. The second-order valence-corrected chi connectivity index (χ2v) is 2.74. The van der Waals surface area contributed by atoms with Gasteiger partial charge in [0.25, 0.3) is 0 Å². The minimum atomic E-state index is 0.509. The highest BCUT2D eigenvalue weighted by Crippen LogP contribution is 2.05. The summed E-state index contributed by atoms with van der Waals surface area (Å²) < 4.78 is 1.79. The van der Waals surface area contributed by atoms with Gasteiger partial charge in [-0.3, -0.25) is 0 Å². The Labute approximate surface area is 71.8 Å². The third-order valence-electron chi connectivity index (χ3n) is 1.82. The molecule has 0 amide bonds. The number of aromatic nitrogens is 3. The highest BCUT2D eigenvalue weighted by atomic mass is 15.2. The van der Waals surface area contributed by atoms with E-state index in [0.29, 0.717) is 6.32 Å². The summed E-state index contributed by atoms with van der Waals surface area (Å²) in [5.74, 6) is 0. The molecule has 0 aliphatic carbocycles. The van der Waals surface area contributed by atoms with Gasteiger partial charge in [0.05, 0.1) is 25.9 Å². The molecule has 0 aromatic carbocycles. The summed E-state index contributed by atoms with van der Waals surface area (Å²) in [4.78, 5) is 4.17. The van der Waals surface area contributed by atoms with Crippen molar-refractivity contribution >= 4 is 13.5 Å². The van der Waals surface area contributed by atoms with Gasteiger partial charge in [-0.25, -0.2) is 9.50 Å². The van der Waals surface area contributed by atoms with E-state index in [1.165, 1.54) is 0 Å². The van der Waals surface area contributed by atoms with Gasteiger partial charge in [-0.1, -0.05) is 6.32 Å². The van der Waals surface area contributed by atoms with Crippen molar-refractivity contribution in [2.45, 2.75) is 13.2 Å². The molecule has 0 atom stereocenters. The summed E-state index contributed by atoms with van der Waals surface area (Å²) in [6.45, 7) is 1.97. The van der Waals surface area contributed by atoms with E-state index in [0.717, 1.165) is 16.9 Å². The third-order valence-corrected chi connectivity index (χ3v) is 1.82. The van der Waals surface area contributed by atoms with E-state index < -0.39 is 0 Å². The third kappa shape index (κ3) is 0.997. The lowest BCUT2D eigenvalue weighted by molar-refractivity contribution is 0.890. The van der Waals surface area contributed by atoms with Crippen LogP contribution < -0.4 is 0 Å². The average Bonchev–Trinajstić information content (AvgIpc) is 2.47. The highest BCUT2D eigenvalue weighted by molar-refractivity contribution is 6.08. The van der Waals surface area contributed by atoms with Gasteiger partial charge in [0.15, 0.2) is 5.65 Å². The van der Waals surface area contributed by atoms with Gasteiger partial charge in [-0.05, 0) is 18.6 Å². The first kappa shape index (κ1) is 7.34. The van der Waals surface area contributed by atoms with Crippen LogP contribution in [-0.4, -0.2) is 22.4 Å². The number of rotatable bonds is 1. The second kappa shape index (κ2) is 2.62. The van der Waals surface area contributed by atoms with Gasteiger partial charge in [0.2, 0.25) is 0 Å². The van der Waals surface area contributed by atoms with Crippen LogP contribution in [0.25, 0.3) is 5.65 Å². The fraction of sp³-hybridized carbons (Fsp3) is 0.250. The molecule has 0 bridgehead atoms. The van der Waals surface area contributed by atoms with E-state index in [9.17, 15) is 0 Å². The molecular weight excluding hydrogens is 149 g/mol. The number of imidazole rings is 1. The first-order valence-electron chi connectivity index (χ1n) is 3.80. The van der Waals surface area contributed by atoms with Gasteiger partial charge in [-0.15, -0.1) is 0 Å². The Bertz CT molecular complexity index is 408. The molecule has 0 spiro atoms. The van der Waals surface area contributed by atoms with E-state index in [-0.39, 0.29) is 0 Å². The van der Waals surface area contributed by atoms with E-state index in [1.807, 2.05) is 13.0 Å². The highest BCUT2D eigenvalue weighted by Gasteiger charge is 1.99. The zero-order chi connectivity index (χ0) is 8.55. The summed E-state index contributed by atoms with van der Waals surface area (Å²) in [5, 5.41) is 4.19. The van der Waals surface area contributed by atoms with Crippen LogP contribution in [0.2, 0.25) is 0 Å². The molecule has 2 aromatic rings. The fourth-order valence-corrected chi connectivity index (χ4v) is 1.14. The molecule has 2 heterocycles. The maximum atomic E-state index is 5.47. The average molecular weight is 157 g/mol. The lowest BCUT2D eigenvalue weighted by atomic mass is 9.99. The first-order valence-corrected chi connectivity index (χ1v) is 3.80. The molecule has 0 fully saturated rings. The summed E-state index contributed by atoms with van der Waals surface area (Å²) in [5.41, 5.74) is 2.90. The van der Waals surface area contributed by atoms with Crippen molar-refractivity contribution in [2.75, 3.05) is 0 Å². The minimum absolute atomic E-state index is 0.509. The number of hydrogen-bond donors (Lipinski definition) is 0. The molecular formula is C8H8BN3. The van der Waals surface area contributed by atoms with Crippen molar-refractivity contribution in [3.63, 3.8) is 0 Å². The van der Waals surface area contributed by atoms with Crippen molar-refractivity contribution < 1.29 is 0 Å². The first-order chi connectivity index (χ1) is 5.81. The Hall–Kier alpha value is -1.32. The quantitative estimate of drug-likeness (QED) is 0.570. The number of fused-ring (bicyclic) bond motifs is 1. The fourth-order valence-electron chi connectivity index (χ4n) is 1.14. The van der Waals surface area contributed by atoms with Crippen LogP contribution in [0.15, 0.2) is 18.5 Å². The van der Waals surface area contributed by atoms with Crippen molar-refractivity contribution in [3.05, 3.63) is 29.7 Å². The molecule has 58 valence electrons. The molecule has 0 saturated carbocycles. The van der Waals surface area contributed by atoms with Crippen LogP contribution >= 0.6 is 0 Å². The topological polar surface area (TPSA) is 30.2 Å². The van der Waals surface area contributed by atoms with Crippen LogP contribution in [0, 0.1) is 6.92 Å². The maximum absolute atomic E-state index is 5.47. The Morgan fingerprint density at radius 1 is 1.50 bits per heavy atom. The summed E-state index contributed by atoms with van der Waals surface area (Å²) in [6.07, 6.45) is 4.07. The predicted molar refractivity (Wildman–Crippen MR) is 47.2 cm³/mol. The van der Waals surface area contributed by atoms with Crippen molar-refractivity contribution in [1.29, 1.82) is 0 Å². The van der Waals surface area contributed by atoms with Crippen molar-refractivity contribution in [3.8, 4) is 0 Å². The van der Waals surface area contributed by atoms with Gasteiger partial charge < -0.3 is 0 Å². The number of nitrogens with zero attached hydrogens (tertiary/aromatic N) is 3. The molecule has 4 heteroatoms. The Kier molecular flexibility index (Phi) is 1.61. The van der Waals surface area contributed by atoms with E-state index in [1.54, 1.807) is 16.9 Å². The van der Waals surface area contributed by atoms with Crippen LogP contribution in [0.4, 0.5) is 0 Å². The van der Waals surface area contributed by atoms with E-state index in [2.05, 4.69) is 10.1 Å². The molecule has 0 aliphatic heterocycles. The Morgan fingerprint density at radius 3 is 3.08 bits per heavy atom. The maximum Gasteiger partial charge on any atom is 0.153 e. The molecule has 2 rings (SSSR count). The lowest BCUT2D eigenvalue weighted by Gasteiger charge is -1.97. The monoisotopic (exact) mass is 157 g/mol. The molecule has 0 aliphatic rings.